The zero-order valence-electron chi connectivity index (χ0n) is 13.8. The standard InChI is InChI=1S/C20H19N3O2/c24-20(21-17-8-9-17)19-12-13-23(22-19)14-25-18-10-6-16(7-11-18)15-4-2-1-3-5-15/h1-7,10-13,17H,8-9,14H2,(H,21,24). The molecule has 1 fully saturated rings. The average molecular weight is 333 g/mol. The minimum absolute atomic E-state index is 0.117. The van der Waals surface area contributed by atoms with Crippen molar-refractivity contribution in [1.82, 2.24) is 15.1 Å². The van der Waals surface area contributed by atoms with E-state index in [1.807, 2.05) is 42.5 Å². The van der Waals surface area contributed by atoms with Crippen molar-refractivity contribution in [2.75, 3.05) is 0 Å². The van der Waals surface area contributed by atoms with Crippen molar-refractivity contribution in [3.63, 3.8) is 0 Å². The van der Waals surface area contributed by atoms with Crippen molar-refractivity contribution in [3.8, 4) is 16.9 Å². The number of amides is 1. The smallest absolute Gasteiger partial charge is 0.271 e. The molecule has 3 aromatic rings. The lowest BCUT2D eigenvalue weighted by molar-refractivity contribution is 0.0944. The third-order valence-electron chi connectivity index (χ3n) is 4.11. The average Bonchev–Trinajstić information content (AvgIpc) is 3.34. The van der Waals surface area contributed by atoms with Gasteiger partial charge in [0.2, 0.25) is 0 Å². The molecule has 25 heavy (non-hydrogen) atoms. The van der Waals surface area contributed by atoms with Gasteiger partial charge in [0, 0.05) is 12.2 Å². The van der Waals surface area contributed by atoms with Gasteiger partial charge in [-0.25, -0.2) is 4.68 Å². The summed E-state index contributed by atoms with van der Waals surface area (Å²) < 4.78 is 7.36. The van der Waals surface area contributed by atoms with Crippen LogP contribution in [0.15, 0.2) is 66.9 Å². The van der Waals surface area contributed by atoms with Crippen LogP contribution in [-0.2, 0) is 6.73 Å². The molecule has 4 rings (SSSR count). The van der Waals surface area contributed by atoms with E-state index in [0.717, 1.165) is 24.2 Å². The normalized spacial score (nSPS) is 13.4. The Bertz CT molecular complexity index is 852. The molecule has 0 spiro atoms. The number of carbonyl (C=O) groups is 1. The molecule has 2 aromatic carbocycles. The van der Waals surface area contributed by atoms with Gasteiger partial charge >= 0.3 is 0 Å². The maximum atomic E-state index is 11.9. The summed E-state index contributed by atoms with van der Waals surface area (Å²) in [6.45, 7) is 0.265. The summed E-state index contributed by atoms with van der Waals surface area (Å²) in [5.74, 6) is 0.646. The van der Waals surface area contributed by atoms with Crippen molar-refractivity contribution in [1.29, 1.82) is 0 Å². The summed E-state index contributed by atoms with van der Waals surface area (Å²) >= 11 is 0. The molecular formula is C20H19N3O2. The van der Waals surface area contributed by atoms with E-state index in [4.69, 9.17) is 4.74 Å². The Labute approximate surface area is 146 Å². The van der Waals surface area contributed by atoms with Crippen molar-refractivity contribution in [3.05, 3.63) is 72.6 Å². The fourth-order valence-electron chi connectivity index (χ4n) is 2.56. The number of rotatable bonds is 6. The zero-order valence-corrected chi connectivity index (χ0v) is 13.8. The third kappa shape index (κ3) is 3.88. The van der Waals surface area contributed by atoms with Crippen molar-refractivity contribution in [2.45, 2.75) is 25.6 Å². The quantitative estimate of drug-likeness (QED) is 0.751. The number of carbonyl (C=O) groups excluding carboxylic acids is 1. The van der Waals surface area contributed by atoms with E-state index in [1.165, 1.54) is 5.56 Å². The first-order valence-corrected chi connectivity index (χ1v) is 8.40. The Balaban J connectivity index is 1.35. The van der Waals surface area contributed by atoms with E-state index in [9.17, 15) is 4.79 Å². The van der Waals surface area contributed by atoms with Gasteiger partial charge in [0.15, 0.2) is 6.73 Å². The molecule has 0 radical (unpaired) electrons. The van der Waals surface area contributed by atoms with Gasteiger partial charge in [-0.2, -0.15) is 5.10 Å². The van der Waals surface area contributed by atoms with Crippen LogP contribution < -0.4 is 10.1 Å². The van der Waals surface area contributed by atoms with Crippen LogP contribution in [-0.4, -0.2) is 21.7 Å². The molecule has 1 N–H and O–H groups in total. The van der Waals surface area contributed by atoms with Crippen LogP contribution in [0.1, 0.15) is 23.3 Å². The van der Waals surface area contributed by atoms with E-state index in [-0.39, 0.29) is 12.6 Å². The maximum Gasteiger partial charge on any atom is 0.271 e. The van der Waals surface area contributed by atoms with Crippen molar-refractivity contribution in [2.24, 2.45) is 0 Å². The van der Waals surface area contributed by atoms with Crippen LogP contribution >= 0.6 is 0 Å². The van der Waals surface area contributed by atoms with Gasteiger partial charge in [-0.05, 0) is 42.2 Å². The first-order chi connectivity index (χ1) is 12.3. The lowest BCUT2D eigenvalue weighted by Gasteiger charge is -2.07. The monoisotopic (exact) mass is 333 g/mol. The van der Waals surface area contributed by atoms with Crippen molar-refractivity contribution < 1.29 is 9.53 Å². The highest BCUT2D eigenvalue weighted by Crippen LogP contribution is 2.22. The fourth-order valence-corrected chi connectivity index (χ4v) is 2.56. The number of aromatic nitrogens is 2. The van der Waals surface area contributed by atoms with E-state index in [1.54, 1.807) is 16.9 Å². The Morgan fingerprint density at radius 1 is 1.04 bits per heavy atom. The highest BCUT2D eigenvalue weighted by molar-refractivity contribution is 5.92. The first-order valence-electron chi connectivity index (χ1n) is 8.40. The Morgan fingerprint density at radius 2 is 1.76 bits per heavy atom. The minimum Gasteiger partial charge on any atom is -0.471 e. The predicted octanol–water partition coefficient (Wildman–Crippen LogP) is 3.48. The summed E-state index contributed by atoms with van der Waals surface area (Å²) in [7, 11) is 0. The number of nitrogens with zero attached hydrogens (tertiary/aromatic N) is 2. The highest BCUT2D eigenvalue weighted by atomic mass is 16.5. The van der Waals surface area contributed by atoms with Crippen LogP contribution in [0.4, 0.5) is 0 Å². The minimum atomic E-state index is -0.117. The number of nitrogens with one attached hydrogen (secondary N) is 1. The van der Waals surface area contributed by atoms with Gasteiger partial charge in [0.1, 0.15) is 11.4 Å². The van der Waals surface area contributed by atoms with Gasteiger partial charge in [-0.3, -0.25) is 4.79 Å². The molecule has 1 heterocycles. The van der Waals surface area contributed by atoms with E-state index in [0.29, 0.717) is 11.7 Å². The topological polar surface area (TPSA) is 56.2 Å². The summed E-state index contributed by atoms with van der Waals surface area (Å²) in [5.41, 5.74) is 2.74. The molecular weight excluding hydrogens is 314 g/mol. The van der Waals surface area contributed by atoms with E-state index >= 15 is 0 Å². The Hall–Kier alpha value is -3.08. The summed E-state index contributed by atoms with van der Waals surface area (Å²) in [5, 5.41) is 7.17. The fraction of sp³-hybridized carbons (Fsp3) is 0.200. The summed E-state index contributed by atoms with van der Waals surface area (Å²) in [4.78, 5) is 11.9. The Morgan fingerprint density at radius 3 is 2.48 bits per heavy atom. The number of ether oxygens (including phenoxy) is 1. The maximum absolute atomic E-state index is 11.9. The molecule has 126 valence electrons. The molecule has 0 aliphatic heterocycles. The lowest BCUT2D eigenvalue weighted by Crippen LogP contribution is -2.26. The molecule has 0 unspecified atom stereocenters. The summed E-state index contributed by atoms with van der Waals surface area (Å²) in [6, 6.07) is 20.2. The van der Waals surface area contributed by atoms with Crippen LogP contribution in [0.5, 0.6) is 5.75 Å². The van der Waals surface area contributed by atoms with E-state index in [2.05, 4.69) is 22.5 Å². The van der Waals surface area contributed by atoms with Crippen LogP contribution in [0.2, 0.25) is 0 Å². The van der Waals surface area contributed by atoms with Crippen LogP contribution in [0, 0.1) is 0 Å². The van der Waals surface area contributed by atoms with Crippen molar-refractivity contribution >= 4 is 5.91 Å². The predicted molar refractivity (Wildman–Crippen MR) is 95.2 cm³/mol. The van der Waals surface area contributed by atoms with Gasteiger partial charge in [0.05, 0.1) is 0 Å². The van der Waals surface area contributed by atoms with Crippen LogP contribution in [0.3, 0.4) is 0 Å². The van der Waals surface area contributed by atoms with Crippen LogP contribution in [0.25, 0.3) is 11.1 Å². The second kappa shape index (κ2) is 6.81. The van der Waals surface area contributed by atoms with Gasteiger partial charge in [-0.15, -0.1) is 0 Å². The molecule has 0 atom stereocenters. The number of hydrogen-bond acceptors (Lipinski definition) is 3. The molecule has 1 aliphatic rings. The third-order valence-corrected chi connectivity index (χ3v) is 4.11. The molecule has 0 saturated heterocycles. The van der Waals surface area contributed by atoms with Gasteiger partial charge in [0.25, 0.3) is 5.91 Å². The Kier molecular flexibility index (Phi) is 4.21. The molecule has 0 bridgehead atoms. The SMILES string of the molecule is O=C(NC1CC1)c1ccn(COc2ccc(-c3ccccc3)cc2)n1. The number of benzene rings is 2. The molecule has 1 saturated carbocycles. The van der Waals surface area contributed by atoms with Gasteiger partial charge < -0.3 is 10.1 Å². The second-order valence-corrected chi connectivity index (χ2v) is 6.15. The first kappa shape index (κ1) is 15.4. The largest absolute Gasteiger partial charge is 0.471 e. The zero-order chi connectivity index (χ0) is 17.1. The summed E-state index contributed by atoms with van der Waals surface area (Å²) in [6.07, 6.45) is 3.88. The molecule has 5 heteroatoms. The molecule has 5 nitrogen and oxygen atoms in total. The second-order valence-electron chi connectivity index (χ2n) is 6.15. The molecule has 1 amide bonds. The molecule has 1 aromatic heterocycles. The van der Waals surface area contributed by atoms with Gasteiger partial charge in [-0.1, -0.05) is 42.5 Å². The highest BCUT2D eigenvalue weighted by Gasteiger charge is 2.24. The lowest BCUT2D eigenvalue weighted by atomic mass is 10.1. The van der Waals surface area contributed by atoms with E-state index < -0.39 is 0 Å². The molecule has 1 aliphatic carbocycles. The number of hydrogen-bond donors (Lipinski definition) is 1.